The molecule has 1 saturated carbocycles. The molecule has 0 bridgehead atoms. The number of carbonyl (C=O) groups excluding carboxylic acids is 1. The number of nitrogens with zero attached hydrogens (tertiary/aromatic N) is 1. The summed E-state index contributed by atoms with van der Waals surface area (Å²) in [7, 11) is 1.49. The maximum Gasteiger partial charge on any atom is 0.311 e. The van der Waals surface area contributed by atoms with Gasteiger partial charge in [-0.3, -0.25) is 4.79 Å². The van der Waals surface area contributed by atoms with Crippen molar-refractivity contribution in [2.24, 2.45) is 11.3 Å². The maximum absolute atomic E-state index is 13.7. The molecule has 2 aliphatic rings. The van der Waals surface area contributed by atoms with Gasteiger partial charge in [0.25, 0.3) is 0 Å². The first-order valence-corrected chi connectivity index (χ1v) is 12.5. The average Bonchev–Trinajstić information content (AvgIpc) is 3.25. The van der Waals surface area contributed by atoms with Crippen molar-refractivity contribution in [1.82, 2.24) is 9.97 Å². The van der Waals surface area contributed by atoms with Gasteiger partial charge in [-0.15, -0.1) is 0 Å². The number of aromatic nitrogens is 2. The van der Waals surface area contributed by atoms with Crippen LogP contribution in [0.2, 0.25) is 0 Å². The number of benzene rings is 2. The van der Waals surface area contributed by atoms with E-state index in [2.05, 4.69) is 46.1 Å². The van der Waals surface area contributed by atoms with Gasteiger partial charge in [-0.25, -0.2) is 9.37 Å². The Bertz CT molecular complexity index is 1290. The number of hydrogen-bond donors (Lipinski definition) is 3. The molecule has 34 heavy (non-hydrogen) atoms. The zero-order valence-corrected chi connectivity index (χ0v) is 21.2. The van der Waals surface area contributed by atoms with Crippen LogP contribution in [0.5, 0.6) is 5.75 Å². The molecule has 3 aromatic rings. The van der Waals surface area contributed by atoms with E-state index in [0.29, 0.717) is 11.5 Å². The van der Waals surface area contributed by atoms with Gasteiger partial charge >= 0.3 is 5.97 Å². The Balaban J connectivity index is 1.52. The molecule has 2 aromatic carbocycles. The molecule has 1 heterocycles. The molecule has 6 nitrogen and oxygen atoms in total. The lowest BCUT2D eigenvalue weighted by molar-refractivity contribution is -0.161. The molecule has 0 amide bonds. The molecular formula is C26H29BrFN3O3. The van der Waals surface area contributed by atoms with Crippen LogP contribution in [0.4, 0.5) is 10.3 Å². The fourth-order valence-electron chi connectivity index (χ4n) is 6.52. The number of hydrogen-bond acceptors (Lipinski definition) is 5. The third kappa shape index (κ3) is 3.41. The largest absolute Gasteiger partial charge is 0.505 e. The average molecular weight is 530 g/mol. The number of carbonyl (C=O) groups is 1. The minimum Gasteiger partial charge on any atom is -0.505 e. The zero-order chi connectivity index (χ0) is 24.3. The van der Waals surface area contributed by atoms with Crippen LogP contribution in [0.1, 0.15) is 56.2 Å². The molecule has 3 atom stereocenters. The predicted octanol–water partition coefficient (Wildman–Crippen LogP) is 5.97. The first-order chi connectivity index (χ1) is 16.2. The van der Waals surface area contributed by atoms with Gasteiger partial charge in [0.2, 0.25) is 5.95 Å². The summed E-state index contributed by atoms with van der Waals surface area (Å²) in [5, 5.41) is 13.1. The van der Waals surface area contributed by atoms with Crippen LogP contribution in [0.15, 0.2) is 28.7 Å². The summed E-state index contributed by atoms with van der Waals surface area (Å²) in [6.45, 7) is 4.59. The van der Waals surface area contributed by atoms with Crippen LogP contribution in [-0.4, -0.2) is 28.2 Å². The van der Waals surface area contributed by atoms with E-state index < -0.39 is 11.2 Å². The number of aryl methyl sites for hydroxylation is 1. The number of phenols is 1. The minimum atomic E-state index is -0.644. The summed E-state index contributed by atoms with van der Waals surface area (Å²) in [5.41, 5.74) is 4.13. The zero-order valence-electron chi connectivity index (χ0n) is 19.6. The van der Waals surface area contributed by atoms with Crippen molar-refractivity contribution in [3.8, 4) is 5.75 Å². The van der Waals surface area contributed by atoms with Gasteiger partial charge < -0.3 is 20.1 Å². The van der Waals surface area contributed by atoms with Gasteiger partial charge in [-0.1, -0.05) is 25.5 Å². The van der Waals surface area contributed by atoms with E-state index in [1.54, 1.807) is 12.1 Å². The monoisotopic (exact) mass is 529 g/mol. The number of anilines is 1. The topological polar surface area (TPSA) is 87.2 Å². The normalized spacial score (nSPS) is 26.1. The Labute approximate surface area is 206 Å². The highest BCUT2D eigenvalue weighted by atomic mass is 79.9. The molecule has 3 N–H and O–H groups in total. The number of rotatable bonds is 4. The number of methoxy groups -OCH3 is 1. The molecule has 0 radical (unpaired) electrons. The smallest absolute Gasteiger partial charge is 0.311 e. The van der Waals surface area contributed by atoms with Crippen LogP contribution in [-0.2, 0) is 27.9 Å². The molecular weight excluding hydrogens is 501 g/mol. The Morgan fingerprint density at radius 2 is 2.18 bits per heavy atom. The Kier molecular flexibility index (Phi) is 5.62. The number of esters is 1. The molecule has 1 aromatic heterocycles. The summed E-state index contributed by atoms with van der Waals surface area (Å²) in [6, 6.07) is 6.65. The highest BCUT2D eigenvalue weighted by Crippen LogP contribution is 2.58. The van der Waals surface area contributed by atoms with E-state index in [-0.39, 0.29) is 29.6 Å². The molecule has 8 heteroatoms. The predicted molar refractivity (Wildman–Crippen MR) is 132 cm³/mol. The molecule has 0 spiro atoms. The SMILES string of the molecule is COC(=O)[C@]1(C)CCC[C@]2(C)c3cc(Br)c4nc(NCc5cccc(F)c5O)[nH]c4c3CC[C@@H]12. The molecule has 2 aliphatic carbocycles. The molecule has 5 rings (SSSR count). The van der Waals surface area contributed by atoms with E-state index >= 15 is 0 Å². The summed E-state index contributed by atoms with van der Waals surface area (Å²) < 4.78 is 19.8. The standard InChI is InChI=1S/C26H29BrFN3O3/c1-25-10-5-11-26(2,23(33)34-3)19(25)9-8-15-16(25)12-17(27)21-20(15)30-24(31-21)29-13-14-6-4-7-18(28)22(14)32/h4,6-7,12,19,32H,5,8-11,13H2,1-3H3,(H2,29,30,31)/t19-,25-,26-/m1/s1. The summed E-state index contributed by atoms with van der Waals surface area (Å²) in [6.07, 6.45) is 4.60. The van der Waals surface area contributed by atoms with Crippen molar-refractivity contribution in [2.75, 3.05) is 12.4 Å². The number of para-hydroxylation sites is 1. The second-order valence-corrected chi connectivity index (χ2v) is 10.9. The summed E-state index contributed by atoms with van der Waals surface area (Å²) in [5.74, 6) is -0.345. The lowest BCUT2D eigenvalue weighted by Crippen LogP contribution is -2.52. The van der Waals surface area contributed by atoms with Crippen molar-refractivity contribution < 1.29 is 19.0 Å². The second kappa shape index (κ2) is 8.26. The lowest BCUT2D eigenvalue weighted by atomic mass is 9.50. The van der Waals surface area contributed by atoms with Gasteiger partial charge in [0.05, 0.1) is 18.0 Å². The number of imidazole rings is 1. The minimum absolute atomic E-state index is 0.111. The summed E-state index contributed by atoms with van der Waals surface area (Å²) in [4.78, 5) is 21.0. The number of H-pyrrole nitrogens is 1. The quantitative estimate of drug-likeness (QED) is 0.362. The number of nitrogens with one attached hydrogen (secondary N) is 2. The van der Waals surface area contributed by atoms with Crippen LogP contribution < -0.4 is 5.32 Å². The van der Waals surface area contributed by atoms with Gasteiger partial charge in [0.15, 0.2) is 11.6 Å². The van der Waals surface area contributed by atoms with Gasteiger partial charge in [-0.05, 0) is 83.1 Å². The third-order valence-electron chi connectivity index (χ3n) is 8.23. The number of aromatic amines is 1. The van der Waals surface area contributed by atoms with E-state index in [4.69, 9.17) is 9.72 Å². The van der Waals surface area contributed by atoms with Crippen LogP contribution in [0.3, 0.4) is 0 Å². The molecule has 0 unspecified atom stereocenters. The van der Waals surface area contributed by atoms with Crippen LogP contribution in [0.25, 0.3) is 11.0 Å². The highest BCUT2D eigenvalue weighted by Gasteiger charge is 2.56. The van der Waals surface area contributed by atoms with E-state index in [0.717, 1.165) is 47.6 Å². The maximum atomic E-state index is 13.7. The Morgan fingerprint density at radius 1 is 1.38 bits per heavy atom. The second-order valence-electron chi connectivity index (χ2n) is 10.1. The summed E-state index contributed by atoms with van der Waals surface area (Å²) >= 11 is 3.73. The van der Waals surface area contributed by atoms with Gasteiger partial charge in [0, 0.05) is 16.6 Å². The molecule has 0 aliphatic heterocycles. The molecule has 1 fully saturated rings. The van der Waals surface area contributed by atoms with Crippen molar-refractivity contribution >= 4 is 38.9 Å². The Hall–Kier alpha value is -2.61. The third-order valence-corrected chi connectivity index (χ3v) is 8.83. The first-order valence-electron chi connectivity index (χ1n) is 11.7. The van der Waals surface area contributed by atoms with Crippen LogP contribution in [0, 0.1) is 17.2 Å². The van der Waals surface area contributed by atoms with E-state index in [1.807, 2.05) is 0 Å². The number of phenolic OH excluding ortho intramolecular Hbond substituents is 1. The van der Waals surface area contributed by atoms with E-state index in [1.165, 1.54) is 24.3 Å². The lowest BCUT2D eigenvalue weighted by Gasteiger charge is -2.54. The number of ether oxygens (including phenoxy) is 1. The van der Waals surface area contributed by atoms with Crippen molar-refractivity contribution in [2.45, 2.75) is 57.9 Å². The van der Waals surface area contributed by atoms with Crippen LogP contribution >= 0.6 is 15.9 Å². The number of aromatic hydroxyl groups is 1. The van der Waals surface area contributed by atoms with E-state index in [9.17, 15) is 14.3 Å². The first kappa shape index (κ1) is 23.1. The molecule has 180 valence electrons. The van der Waals surface area contributed by atoms with Crippen molar-refractivity contribution in [1.29, 1.82) is 0 Å². The number of halogens is 2. The fraction of sp³-hybridized carbons (Fsp3) is 0.462. The van der Waals surface area contributed by atoms with Crippen molar-refractivity contribution in [3.05, 3.63) is 51.2 Å². The van der Waals surface area contributed by atoms with Crippen molar-refractivity contribution in [3.63, 3.8) is 0 Å². The fourth-order valence-corrected chi connectivity index (χ4v) is 7.03. The Morgan fingerprint density at radius 3 is 2.94 bits per heavy atom. The number of fused-ring (bicyclic) bond motifs is 5. The molecule has 0 saturated heterocycles. The highest BCUT2D eigenvalue weighted by molar-refractivity contribution is 9.10. The van der Waals surface area contributed by atoms with Gasteiger partial charge in [0.1, 0.15) is 5.52 Å². The van der Waals surface area contributed by atoms with Gasteiger partial charge in [-0.2, -0.15) is 0 Å².